The number of nitrogens with one attached hydrogen (secondary N) is 1. The number of benzene rings is 1. The van der Waals surface area contributed by atoms with Crippen molar-refractivity contribution in [1.82, 2.24) is 5.32 Å². The fourth-order valence-electron chi connectivity index (χ4n) is 1.90. The van der Waals surface area contributed by atoms with Gasteiger partial charge in [-0.3, -0.25) is 0 Å². The van der Waals surface area contributed by atoms with Crippen molar-refractivity contribution < 1.29 is 17.6 Å². The Bertz CT molecular complexity index is 449. The van der Waals surface area contributed by atoms with E-state index < -0.39 is 18.4 Å². The van der Waals surface area contributed by atoms with Gasteiger partial charge in [0.15, 0.2) is 0 Å². The first-order chi connectivity index (χ1) is 8.71. The van der Waals surface area contributed by atoms with E-state index in [4.69, 9.17) is 0 Å². The molecule has 108 valence electrons. The molecule has 0 heterocycles. The predicted molar refractivity (Wildman–Crippen MR) is 71.0 cm³/mol. The predicted octanol–water partition coefficient (Wildman–Crippen LogP) is 4.62. The zero-order valence-electron chi connectivity index (χ0n) is 10.9. The van der Waals surface area contributed by atoms with Gasteiger partial charge in [-0.05, 0) is 43.1 Å². The highest BCUT2D eigenvalue weighted by molar-refractivity contribution is 9.10. The fourth-order valence-corrected chi connectivity index (χ4v) is 2.36. The lowest BCUT2D eigenvalue weighted by molar-refractivity contribution is -0.151. The van der Waals surface area contributed by atoms with Gasteiger partial charge in [0.2, 0.25) is 0 Å². The molecule has 0 aliphatic heterocycles. The van der Waals surface area contributed by atoms with Crippen LogP contribution in [0, 0.1) is 13.8 Å². The van der Waals surface area contributed by atoms with Gasteiger partial charge >= 0.3 is 12.3 Å². The SMILES string of the molecule is CCNC(c1cc(C)c(Br)cc1C)C(F)(F)C(F)F. The minimum atomic E-state index is -4.11. The molecule has 1 rings (SSSR count). The number of alkyl halides is 4. The number of hydrogen-bond donors (Lipinski definition) is 1. The minimum absolute atomic E-state index is 0.182. The Labute approximate surface area is 118 Å². The topological polar surface area (TPSA) is 12.0 Å². The van der Waals surface area contributed by atoms with E-state index in [0.717, 1.165) is 10.0 Å². The highest BCUT2D eigenvalue weighted by Crippen LogP contribution is 2.39. The molecule has 0 radical (unpaired) electrons. The summed E-state index contributed by atoms with van der Waals surface area (Å²) in [5.74, 6) is -4.11. The lowest BCUT2D eigenvalue weighted by atomic mass is 9.94. The number of rotatable bonds is 5. The Hall–Kier alpha value is -0.620. The maximum Gasteiger partial charge on any atom is 0.326 e. The zero-order valence-corrected chi connectivity index (χ0v) is 12.5. The van der Waals surface area contributed by atoms with Crippen LogP contribution in [-0.2, 0) is 0 Å². The molecule has 1 aromatic rings. The van der Waals surface area contributed by atoms with Crippen molar-refractivity contribution in [2.75, 3.05) is 6.54 Å². The molecule has 0 spiro atoms. The lowest BCUT2D eigenvalue weighted by Crippen LogP contribution is -2.42. The van der Waals surface area contributed by atoms with Crippen LogP contribution in [-0.4, -0.2) is 18.9 Å². The first-order valence-corrected chi connectivity index (χ1v) is 6.67. The van der Waals surface area contributed by atoms with Crippen molar-refractivity contribution in [3.8, 4) is 0 Å². The fraction of sp³-hybridized carbons (Fsp3) is 0.538. The van der Waals surface area contributed by atoms with E-state index >= 15 is 0 Å². The Morgan fingerprint density at radius 1 is 1.21 bits per heavy atom. The van der Waals surface area contributed by atoms with E-state index in [-0.39, 0.29) is 12.1 Å². The molecule has 1 unspecified atom stereocenters. The van der Waals surface area contributed by atoms with Gasteiger partial charge in [-0.2, -0.15) is 8.78 Å². The third-order valence-corrected chi connectivity index (χ3v) is 3.80. The average molecular weight is 342 g/mol. The summed E-state index contributed by atoms with van der Waals surface area (Å²) >= 11 is 3.29. The van der Waals surface area contributed by atoms with E-state index in [1.807, 2.05) is 0 Å². The molecule has 1 aromatic carbocycles. The molecule has 0 aromatic heterocycles. The molecule has 0 aliphatic rings. The molecule has 1 atom stereocenters. The summed E-state index contributed by atoms with van der Waals surface area (Å²) in [5, 5.41) is 2.46. The lowest BCUT2D eigenvalue weighted by Gasteiger charge is -2.29. The molecular formula is C13H16BrF4N. The molecule has 0 amide bonds. The zero-order chi connectivity index (χ0) is 14.8. The van der Waals surface area contributed by atoms with Crippen molar-refractivity contribution in [3.05, 3.63) is 33.3 Å². The van der Waals surface area contributed by atoms with Crippen LogP contribution in [0.3, 0.4) is 0 Å². The second-order valence-corrected chi connectivity index (χ2v) is 5.28. The molecule has 0 bridgehead atoms. The molecule has 1 N–H and O–H groups in total. The van der Waals surface area contributed by atoms with Crippen LogP contribution in [0.5, 0.6) is 0 Å². The van der Waals surface area contributed by atoms with Gasteiger partial charge in [-0.25, -0.2) is 8.78 Å². The Morgan fingerprint density at radius 3 is 2.26 bits per heavy atom. The third-order valence-electron chi connectivity index (χ3n) is 2.94. The van der Waals surface area contributed by atoms with Crippen molar-refractivity contribution in [2.24, 2.45) is 0 Å². The molecule has 6 heteroatoms. The van der Waals surface area contributed by atoms with Crippen molar-refractivity contribution in [1.29, 1.82) is 0 Å². The highest BCUT2D eigenvalue weighted by atomic mass is 79.9. The van der Waals surface area contributed by atoms with Gasteiger partial charge in [0, 0.05) is 4.47 Å². The first-order valence-electron chi connectivity index (χ1n) is 5.87. The van der Waals surface area contributed by atoms with Crippen LogP contribution >= 0.6 is 15.9 Å². The first kappa shape index (κ1) is 16.4. The molecule has 0 saturated heterocycles. The summed E-state index contributed by atoms with van der Waals surface area (Å²) in [4.78, 5) is 0. The summed E-state index contributed by atoms with van der Waals surface area (Å²) in [6, 6.07) is 1.49. The van der Waals surface area contributed by atoms with Gasteiger partial charge in [0.1, 0.15) is 6.04 Å². The van der Waals surface area contributed by atoms with Gasteiger partial charge in [0.25, 0.3) is 0 Å². The van der Waals surface area contributed by atoms with E-state index in [1.54, 1.807) is 26.8 Å². The van der Waals surface area contributed by atoms with Crippen LogP contribution in [0.4, 0.5) is 17.6 Å². The van der Waals surface area contributed by atoms with Gasteiger partial charge in [-0.15, -0.1) is 0 Å². The van der Waals surface area contributed by atoms with E-state index in [1.165, 1.54) is 6.07 Å². The molecule has 19 heavy (non-hydrogen) atoms. The van der Waals surface area contributed by atoms with Crippen molar-refractivity contribution >= 4 is 15.9 Å². The third kappa shape index (κ3) is 3.48. The maximum atomic E-state index is 13.7. The molecule has 0 saturated carbocycles. The molecule has 0 fully saturated rings. The molecule has 0 aliphatic carbocycles. The number of aryl methyl sites for hydroxylation is 2. The average Bonchev–Trinajstić information content (AvgIpc) is 2.31. The Morgan fingerprint density at radius 2 is 1.79 bits per heavy atom. The summed E-state index contributed by atoms with van der Waals surface area (Å²) in [5.41, 5.74) is 1.48. The maximum absolute atomic E-state index is 13.7. The van der Waals surface area contributed by atoms with Crippen LogP contribution < -0.4 is 5.32 Å². The standard InChI is InChI=1S/C13H16BrF4N/c1-4-19-11(13(17,18)12(15)16)9-5-8(3)10(14)6-7(9)2/h5-6,11-12,19H,4H2,1-3H3. The van der Waals surface area contributed by atoms with Crippen molar-refractivity contribution in [2.45, 2.75) is 39.2 Å². The summed E-state index contributed by atoms with van der Waals surface area (Å²) in [6.07, 6.45) is -3.71. The van der Waals surface area contributed by atoms with Gasteiger partial charge in [0.05, 0.1) is 0 Å². The van der Waals surface area contributed by atoms with Crippen LogP contribution in [0.25, 0.3) is 0 Å². The van der Waals surface area contributed by atoms with E-state index in [2.05, 4.69) is 21.2 Å². The second kappa shape index (κ2) is 6.22. The Balaban J connectivity index is 3.31. The summed E-state index contributed by atoms with van der Waals surface area (Å²) < 4.78 is 53.3. The van der Waals surface area contributed by atoms with Crippen molar-refractivity contribution in [3.63, 3.8) is 0 Å². The Kier molecular flexibility index (Phi) is 5.38. The summed E-state index contributed by atoms with van der Waals surface area (Å²) in [7, 11) is 0. The van der Waals surface area contributed by atoms with Gasteiger partial charge in [-0.1, -0.05) is 28.9 Å². The molecule has 1 nitrogen and oxygen atoms in total. The van der Waals surface area contributed by atoms with Crippen LogP contribution in [0.15, 0.2) is 16.6 Å². The highest BCUT2D eigenvalue weighted by Gasteiger charge is 2.49. The largest absolute Gasteiger partial charge is 0.326 e. The summed E-state index contributed by atoms with van der Waals surface area (Å²) in [6.45, 7) is 5.15. The quantitative estimate of drug-likeness (QED) is 0.770. The second-order valence-electron chi connectivity index (χ2n) is 4.42. The van der Waals surface area contributed by atoms with Crippen LogP contribution in [0.2, 0.25) is 0 Å². The van der Waals surface area contributed by atoms with E-state index in [0.29, 0.717) is 5.56 Å². The van der Waals surface area contributed by atoms with E-state index in [9.17, 15) is 17.6 Å². The number of hydrogen-bond acceptors (Lipinski definition) is 1. The minimum Gasteiger partial charge on any atom is -0.305 e. The number of halogens is 5. The normalized spacial score (nSPS) is 13.9. The smallest absolute Gasteiger partial charge is 0.305 e. The van der Waals surface area contributed by atoms with Crippen LogP contribution in [0.1, 0.15) is 29.7 Å². The molecular weight excluding hydrogens is 326 g/mol. The van der Waals surface area contributed by atoms with Gasteiger partial charge < -0.3 is 5.32 Å². The monoisotopic (exact) mass is 341 g/mol.